The fraction of sp³-hybridized carbons (Fsp3) is 0.917. The van der Waals surface area contributed by atoms with Crippen molar-refractivity contribution in [1.29, 1.82) is 0 Å². The first-order valence-corrected chi connectivity index (χ1v) is 6.40. The quantitative estimate of drug-likeness (QED) is 0.761. The first-order chi connectivity index (χ1) is 7.75. The third-order valence-corrected chi connectivity index (χ3v) is 3.57. The summed E-state index contributed by atoms with van der Waals surface area (Å²) in [5, 5.41) is 0. The number of likely N-dealkylation sites (tertiary alicyclic amines) is 1. The lowest BCUT2D eigenvalue weighted by atomic mass is 10.0. The molecule has 1 unspecified atom stereocenters. The Hall–Kier alpha value is -0.610. The highest BCUT2D eigenvalue weighted by atomic mass is 16.5. The van der Waals surface area contributed by atoms with Crippen LogP contribution >= 0.6 is 0 Å². The molecular formula is C12H22N2O2. The summed E-state index contributed by atoms with van der Waals surface area (Å²) in [7, 11) is 0. The van der Waals surface area contributed by atoms with Gasteiger partial charge in [0.15, 0.2) is 0 Å². The van der Waals surface area contributed by atoms with Gasteiger partial charge in [-0.25, -0.2) is 0 Å². The number of nitrogens with two attached hydrogens (primary N) is 1. The lowest BCUT2D eigenvalue weighted by molar-refractivity contribution is -0.136. The number of hydrogen-bond donors (Lipinski definition) is 1. The molecular weight excluding hydrogens is 204 g/mol. The van der Waals surface area contributed by atoms with Gasteiger partial charge >= 0.3 is 0 Å². The van der Waals surface area contributed by atoms with Gasteiger partial charge < -0.3 is 15.4 Å². The fourth-order valence-electron chi connectivity index (χ4n) is 2.44. The van der Waals surface area contributed by atoms with Gasteiger partial charge in [0.1, 0.15) is 0 Å². The lowest BCUT2D eigenvalue weighted by Gasteiger charge is -2.32. The number of amides is 1. The van der Waals surface area contributed by atoms with Crippen LogP contribution in [0.4, 0.5) is 0 Å². The molecule has 0 saturated carbocycles. The number of carbonyl (C=O) groups excluding carboxylic acids is 1. The summed E-state index contributed by atoms with van der Waals surface area (Å²) in [6.45, 7) is 2.47. The Kier molecular flexibility index (Phi) is 4.18. The van der Waals surface area contributed by atoms with Gasteiger partial charge in [0.05, 0.1) is 12.5 Å². The van der Waals surface area contributed by atoms with Crippen LogP contribution in [0.3, 0.4) is 0 Å². The summed E-state index contributed by atoms with van der Waals surface area (Å²) < 4.78 is 5.59. The van der Waals surface area contributed by atoms with Gasteiger partial charge in [-0.15, -0.1) is 0 Å². The second kappa shape index (κ2) is 5.64. The number of rotatable bonds is 2. The summed E-state index contributed by atoms with van der Waals surface area (Å²) >= 11 is 0. The minimum Gasteiger partial charge on any atom is -0.378 e. The molecule has 2 rings (SSSR count). The Morgan fingerprint density at radius 2 is 2.00 bits per heavy atom. The zero-order chi connectivity index (χ0) is 11.4. The van der Waals surface area contributed by atoms with Crippen molar-refractivity contribution in [3.05, 3.63) is 0 Å². The monoisotopic (exact) mass is 226 g/mol. The molecule has 0 radical (unpaired) electrons. The van der Waals surface area contributed by atoms with Crippen molar-refractivity contribution in [2.75, 3.05) is 19.7 Å². The van der Waals surface area contributed by atoms with Crippen LogP contribution in [0.5, 0.6) is 0 Å². The third-order valence-electron chi connectivity index (χ3n) is 3.57. The normalized spacial score (nSPS) is 28.1. The smallest absolute Gasteiger partial charge is 0.225 e. The molecule has 1 amide bonds. The fourth-order valence-corrected chi connectivity index (χ4v) is 2.44. The molecule has 16 heavy (non-hydrogen) atoms. The standard InChI is InChI=1S/C12H22N2O2/c13-10-4-6-14(7-5-10)12(15)9-11-3-1-2-8-16-11/h10-11H,1-9,13H2. The van der Waals surface area contributed by atoms with Crippen molar-refractivity contribution in [2.24, 2.45) is 5.73 Å². The number of nitrogens with zero attached hydrogens (tertiary/aromatic N) is 1. The molecule has 0 bridgehead atoms. The SMILES string of the molecule is NC1CCN(C(=O)CC2CCCCO2)CC1. The number of piperidine rings is 1. The zero-order valence-corrected chi connectivity index (χ0v) is 9.86. The van der Waals surface area contributed by atoms with Crippen molar-refractivity contribution in [3.8, 4) is 0 Å². The van der Waals surface area contributed by atoms with Crippen molar-refractivity contribution >= 4 is 5.91 Å². The molecule has 1 atom stereocenters. The average Bonchev–Trinajstić information content (AvgIpc) is 2.31. The van der Waals surface area contributed by atoms with Gasteiger partial charge in [0.2, 0.25) is 5.91 Å². The van der Waals surface area contributed by atoms with Crippen LogP contribution in [0.15, 0.2) is 0 Å². The molecule has 0 spiro atoms. The average molecular weight is 226 g/mol. The van der Waals surface area contributed by atoms with Crippen LogP contribution in [0.25, 0.3) is 0 Å². The van der Waals surface area contributed by atoms with E-state index in [4.69, 9.17) is 10.5 Å². The Balaban J connectivity index is 1.74. The van der Waals surface area contributed by atoms with Crippen LogP contribution in [0.1, 0.15) is 38.5 Å². The Labute approximate surface area is 97.1 Å². The lowest BCUT2D eigenvalue weighted by Crippen LogP contribution is -2.44. The zero-order valence-electron chi connectivity index (χ0n) is 9.86. The second-order valence-electron chi connectivity index (χ2n) is 4.91. The molecule has 0 aromatic carbocycles. The van der Waals surface area contributed by atoms with E-state index in [9.17, 15) is 4.79 Å². The first-order valence-electron chi connectivity index (χ1n) is 6.40. The highest BCUT2D eigenvalue weighted by Crippen LogP contribution is 2.18. The maximum absolute atomic E-state index is 12.0. The van der Waals surface area contributed by atoms with Gasteiger partial charge in [-0.2, -0.15) is 0 Å². The van der Waals surface area contributed by atoms with Crippen molar-refractivity contribution in [2.45, 2.75) is 50.7 Å². The second-order valence-corrected chi connectivity index (χ2v) is 4.91. The minimum atomic E-state index is 0.164. The van der Waals surface area contributed by atoms with E-state index >= 15 is 0 Å². The molecule has 2 heterocycles. The molecule has 2 aliphatic rings. The van der Waals surface area contributed by atoms with Crippen LogP contribution < -0.4 is 5.73 Å². The Morgan fingerprint density at radius 1 is 1.25 bits per heavy atom. The molecule has 0 aromatic heterocycles. The van der Waals surface area contributed by atoms with E-state index < -0.39 is 0 Å². The van der Waals surface area contributed by atoms with Gasteiger partial charge in [0.25, 0.3) is 0 Å². The van der Waals surface area contributed by atoms with Gasteiger partial charge in [-0.3, -0.25) is 4.79 Å². The number of carbonyl (C=O) groups is 1. The summed E-state index contributed by atoms with van der Waals surface area (Å²) in [6, 6.07) is 0.287. The Bertz CT molecular complexity index is 231. The third kappa shape index (κ3) is 3.19. The molecule has 92 valence electrons. The number of ether oxygens (including phenoxy) is 1. The molecule has 0 aliphatic carbocycles. The largest absolute Gasteiger partial charge is 0.378 e. The maximum atomic E-state index is 12.0. The van der Waals surface area contributed by atoms with Crippen LogP contribution in [-0.4, -0.2) is 42.6 Å². The first kappa shape index (κ1) is 11.9. The molecule has 4 nitrogen and oxygen atoms in total. The van der Waals surface area contributed by atoms with E-state index in [1.165, 1.54) is 6.42 Å². The van der Waals surface area contributed by atoms with Crippen LogP contribution in [0.2, 0.25) is 0 Å². The van der Waals surface area contributed by atoms with E-state index in [2.05, 4.69) is 0 Å². The van der Waals surface area contributed by atoms with Crippen molar-refractivity contribution < 1.29 is 9.53 Å². The van der Waals surface area contributed by atoms with Gasteiger partial charge in [-0.05, 0) is 32.1 Å². The molecule has 2 saturated heterocycles. The molecule has 4 heteroatoms. The summed E-state index contributed by atoms with van der Waals surface area (Å²) in [4.78, 5) is 13.9. The summed E-state index contributed by atoms with van der Waals surface area (Å²) in [6.07, 6.45) is 5.99. The molecule has 2 N–H and O–H groups in total. The Morgan fingerprint density at radius 3 is 2.62 bits per heavy atom. The van der Waals surface area contributed by atoms with Crippen LogP contribution in [0, 0.1) is 0 Å². The summed E-state index contributed by atoms with van der Waals surface area (Å²) in [5.74, 6) is 0.249. The van der Waals surface area contributed by atoms with E-state index in [-0.39, 0.29) is 18.1 Å². The predicted molar refractivity (Wildman–Crippen MR) is 62.0 cm³/mol. The topological polar surface area (TPSA) is 55.6 Å². The predicted octanol–water partition coefficient (Wildman–Crippen LogP) is 0.895. The van der Waals surface area contributed by atoms with Crippen LogP contribution in [-0.2, 0) is 9.53 Å². The van der Waals surface area contributed by atoms with Gasteiger partial charge in [0, 0.05) is 25.7 Å². The van der Waals surface area contributed by atoms with Gasteiger partial charge in [-0.1, -0.05) is 0 Å². The van der Waals surface area contributed by atoms with E-state index in [1.54, 1.807) is 0 Å². The minimum absolute atomic E-state index is 0.164. The molecule has 2 fully saturated rings. The van der Waals surface area contributed by atoms with E-state index in [0.29, 0.717) is 6.42 Å². The highest BCUT2D eigenvalue weighted by molar-refractivity contribution is 5.76. The summed E-state index contributed by atoms with van der Waals surface area (Å²) in [5.41, 5.74) is 5.82. The molecule has 0 aromatic rings. The molecule has 2 aliphatic heterocycles. The van der Waals surface area contributed by atoms with Crippen molar-refractivity contribution in [3.63, 3.8) is 0 Å². The van der Waals surface area contributed by atoms with Crippen molar-refractivity contribution in [1.82, 2.24) is 4.90 Å². The van der Waals surface area contributed by atoms with E-state index in [1.807, 2.05) is 4.90 Å². The highest BCUT2D eigenvalue weighted by Gasteiger charge is 2.24. The maximum Gasteiger partial charge on any atom is 0.225 e. The van der Waals surface area contributed by atoms with E-state index in [0.717, 1.165) is 45.4 Å². The number of hydrogen-bond acceptors (Lipinski definition) is 3.